The number of ether oxygens (including phenoxy) is 1. The number of carbonyl (C=O) groups excluding carboxylic acids is 1. The van der Waals surface area contributed by atoms with Gasteiger partial charge in [-0.25, -0.2) is 0 Å². The fraction of sp³-hybridized carbons (Fsp3) is 0.818. The molecule has 5 heteroatoms. The van der Waals surface area contributed by atoms with Gasteiger partial charge in [0, 0.05) is 6.92 Å². The van der Waals surface area contributed by atoms with E-state index in [2.05, 4.69) is 46.6 Å². The van der Waals surface area contributed by atoms with Crippen LogP contribution in [0.15, 0.2) is 0 Å². The fourth-order valence-electron chi connectivity index (χ4n) is 0.884. The molecule has 0 radical (unpaired) electrons. The van der Waals surface area contributed by atoms with Crippen molar-refractivity contribution >= 4 is 33.6 Å². The summed E-state index contributed by atoms with van der Waals surface area (Å²) in [5.74, 6) is -0.356. The summed E-state index contributed by atoms with van der Waals surface area (Å²) in [6.45, 7) is 7.99. The van der Waals surface area contributed by atoms with E-state index < -0.39 is 0 Å². The molecule has 100 valence electrons. The molecule has 0 amide bonds. The molecule has 1 aliphatic carbocycles. The second-order valence-corrected chi connectivity index (χ2v) is 6.43. The van der Waals surface area contributed by atoms with Crippen LogP contribution in [0.5, 0.6) is 0 Å². The quantitative estimate of drug-likeness (QED) is 0.179. The Morgan fingerprint density at radius 3 is 1.31 bits per heavy atom. The van der Waals surface area contributed by atoms with Gasteiger partial charge in [-0.05, 0) is 20.0 Å². The van der Waals surface area contributed by atoms with E-state index in [9.17, 15) is 4.79 Å². The molecule has 1 saturated carbocycles. The molecule has 0 bridgehead atoms. The first kappa shape index (κ1) is 22.4. The minimum atomic E-state index is -0.356. The van der Waals surface area contributed by atoms with Gasteiger partial charge in [-0.2, -0.15) is 7.11 Å². The topological polar surface area (TPSA) is 26.3 Å². The van der Waals surface area contributed by atoms with Crippen LogP contribution >= 0.6 is 27.7 Å². The van der Waals surface area contributed by atoms with Crippen molar-refractivity contribution in [3.63, 3.8) is 0 Å². The number of hydrogen-bond donors (Lipinski definition) is 0. The predicted molar refractivity (Wildman–Crippen MR) is 78.9 cm³/mol. The summed E-state index contributed by atoms with van der Waals surface area (Å²) >= 11 is 4.56. The van der Waals surface area contributed by atoms with Crippen LogP contribution in [0.4, 0.5) is 0 Å². The summed E-state index contributed by atoms with van der Waals surface area (Å²) in [5, 5.41) is 0. The Bertz CT molecular complexity index is 121. The van der Waals surface area contributed by atoms with E-state index in [0.29, 0.717) is 7.92 Å². The summed E-state index contributed by atoms with van der Waals surface area (Å²) in [6.07, 6.45) is 7.50. The van der Waals surface area contributed by atoms with Gasteiger partial charge in [0.25, 0.3) is 5.97 Å². The van der Waals surface area contributed by atoms with Crippen LogP contribution in [-0.4, -0.2) is 26.0 Å². The van der Waals surface area contributed by atoms with Crippen molar-refractivity contribution in [1.82, 2.24) is 0 Å². The number of halogens is 1. The second kappa shape index (κ2) is 21.5. The first-order chi connectivity index (χ1) is 7.50. The standard InChI is InChI=1S/C5H10.C3H5O2.C3H9P.HI.Rh/c1-2-4-5-3-1;1-3(4)5-2;1-4(2)3;;/h1-5H2;2H2,1H3;1-3H3;1H;/q;-1;;;+3/p-1. The van der Waals surface area contributed by atoms with E-state index in [-0.39, 0.29) is 5.97 Å². The molecule has 0 atom stereocenters. The van der Waals surface area contributed by atoms with Crippen molar-refractivity contribution in [2.75, 3.05) is 20.0 Å². The Balaban J connectivity index is -0.000000148. The third-order valence-corrected chi connectivity index (χ3v) is 1.45. The summed E-state index contributed by atoms with van der Waals surface area (Å²) < 4.78 is 3.86. The van der Waals surface area contributed by atoms with Crippen molar-refractivity contribution in [2.24, 2.45) is 0 Å². The van der Waals surface area contributed by atoms with E-state index in [1.54, 1.807) is 0 Å². The average molecular weight is 449 g/mol. The Morgan fingerprint density at radius 1 is 1.12 bits per heavy atom. The van der Waals surface area contributed by atoms with Crippen LogP contribution in [-0.2, 0) is 24.3 Å². The molecule has 0 aromatic heterocycles. The van der Waals surface area contributed by atoms with Crippen LogP contribution in [0.1, 0.15) is 39.0 Å². The average Bonchev–Trinajstić information content (AvgIpc) is 2.78. The zero-order valence-corrected chi connectivity index (χ0v) is 15.4. The first-order valence-corrected chi connectivity index (χ1v) is 12.7. The monoisotopic (exact) mass is 449 g/mol. The van der Waals surface area contributed by atoms with E-state index in [1.165, 1.54) is 39.0 Å². The van der Waals surface area contributed by atoms with Crippen LogP contribution in [0.3, 0.4) is 0 Å². The van der Waals surface area contributed by atoms with Crippen molar-refractivity contribution in [1.29, 1.82) is 0 Å². The molecule has 0 aromatic rings. The van der Waals surface area contributed by atoms with E-state index in [0.717, 1.165) is 0 Å². The molecule has 0 aromatic carbocycles. The summed E-state index contributed by atoms with van der Waals surface area (Å²) in [7, 11) is 3.22. The van der Waals surface area contributed by atoms with E-state index >= 15 is 0 Å². The summed E-state index contributed by atoms with van der Waals surface area (Å²) in [6, 6.07) is 0. The van der Waals surface area contributed by atoms with Crippen molar-refractivity contribution in [3.05, 3.63) is 7.11 Å². The zero-order chi connectivity index (χ0) is 13.4. The summed E-state index contributed by atoms with van der Waals surface area (Å²) in [4.78, 5) is 9.53. The van der Waals surface area contributed by atoms with Gasteiger partial charge in [-0.3, -0.25) is 4.79 Å². The molecule has 0 heterocycles. The van der Waals surface area contributed by atoms with Gasteiger partial charge in [0.05, 0.1) is 0 Å². The minimum absolute atomic E-state index is 0.356. The molecule has 0 N–H and O–H groups in total. The van der Waals surface area contributed by atoms with Crippen LogP contribution in [0, 0.1) is 7.11 Å². The van der Waals surface area contributed by atoms with E-state index in [4.69, 9.17) is 0 Å². The molecular weight excluding hydrogens is 425 g/mol. The molecule has 1 aliphatic rings. The van der Waals surface area contributed by atoms with Gasteiger partial charge >= 0.3 is 34.5 Å². The Labute approximate surface area is 123 Å². The van der Waals surface area contributed by atoms with Crippen LogP contribution in [0.2, 0.25) is 0 Å². The normalized spacial score (nSPS) is 12.2. The molecule has 0 spiro atoms. The van der Waals surface area contributed by atoms with Crippen molar-refractivity contribution in [2.45, 2.75) is 39.0 Å². The van der Waals surface area contributed by atoms with E-state index in [1.807, 2.05) is 19.8 Å². The first-order valence-electron chi connectivity index (χ1n) is 5.16. The van der Waals surface area contributed by atoms with Gasteiger partial charge in [0.2, 0.25) is 0 Å². The maximum absolute atomic E-state index is 9.53. The molecule has 1 fully saturated rings. The Hall–Kier alpha value is 1.25. The molecule has 0 unspecified atom stereocenters. The molecule has 1 rings (SSSR count). The number of esters is 1. The predicted octanol–water partition coefficient (Wildman–Crippen LogP) is 4.53. The van der Waals surface area contributed by atoms with Crippen molar-refractivity contribution < 1.29 is 24.3 Å². The van der Waals surface area contributed by atoms with Gasteiger partial charge in [0.1, 0.15) is 0 Å². The zero-order valence-electron chi connectivity index (χ0n) is 10.7. The summed E-state index contributed by atoms with van der Waals surface area (Å²) in [5.41, 5.74) is 0. The number of hydrogen-bond acceptors (Lipinski definition) is 2. The SMILES string of the molecule is C1CCCC1.CP(C)C.[CH2-]OC(C)=O.[Rh+2][I]. The molecule has 0 saturated heterocycles. The van der Waals surface area contributed by atoms with Crippen LogP contribution < -0.4 is 0 Å². The van der Waals surface area contributed by atoms with Gasteiger partial charge < -0.3 is 4.74 Å². The Morgan fingerprint density at radius 2 is 1.25 bits per heavy atom. The molecule has 2 nitrogen and oxygen atoms in total. The maximum atomic E-state index is 9.53. The van der Waals surface area contributed by atoms with Crippen LogP contribution in [0.25, 0.3) is 0 Å². The third kappa shape index (κ3) is 45.5. The third-order valence-electron chi connectivity index (χ3n) is 1.45. The van der Waals surface area contributed by atoms with Gasteiger partial charge in [-0.1, -0.05) is 32.1 Å². The number of carbonyl (C=O) groups is 1. The second-order valence-electron chi connectivity index (χ2n) is 3.75. The van der Waals surface area contributed by atoms with Gasteiger partial charge in [0.15, 0.2) is 0 Å². The van der Waals surface area contributed by atoms with Gasteiger partial charge in [-0.15, -0.1) is 7.92 Å². The fourth-order valence-corrected chi connectivity index (χ4v) is 0.884. The molecular formula is C11H24IO2PRh+. The van der Waals surface area contributed by atoms with Crippen molar-refractivity contribution in [3.8, 4) is 0 Å². The number of rotatable bonds is 0. The Kier molecular flexibility index (Phi) is 30.2. The molecule has 16 heavy (non-hydrogen) atoms. The molecule has 0 aliphatic heterocycles.